The number of rotatable bonds is 4. The van der Waals surface area contributed by atoms with Gasteiger partial charge in [0.05, 0.1) is 16.8 Å². The molecule has 2 unspecified atom stereocenters. The molecule has 2 aromatic carbocycles. The number of amides is 1. The fourth-order valence-corrected chi connectivity index (χ4v) is 6.81. The molecule has 2 atom stereocenters. The van der Waals surface area contributed by atoms with Crippen molar-refractivity contribution < 1.29 is 23.9 Å². The van der Waals surface area contributed by atoms with Gasteiger partial charge in [-0.05, 0) is 75.6 Å². The Hall–Kier alpha value is -2.35. The van der Waals surface area contributed by atoms with E-state index >= 15 is 0 Å². The van der Waals surface area contributed by atoms with Crippen LogP contribution in [0.2, 0.25) is 6.32 Å². The average molecular weight is 489 g/mol. The van der Waals surface area contributed by atoms with Crippen molar-refractivity contribution in [2.45, 2.75) is 94.5 Å². The van der Waals surface area contributed by atoms with Crippen molar-refractivity contribution >= 4 is 13.2 Å². The standard InChI is InChI=1S/C29H36BNO5/c1-27(2)28(3,4)36-30(35-27)18-29(33)15-19-13-14-20(16-29)31(19)26(32)34-17-25-23-11-7-5-9-21(23)22-10-6-8-12-24(22)25/h5-12,19-20,25,33H,13-18H2,1-4H3. The fraction of sp³-hybridized carbons (Fsp3) is 0.552. The second-order valence-electron chi connectivity index (χ2n) is 12.1. The van der Waals surface area contributed by atoms with Gasteiger partial charge in [0.25, 0.3) is 0 Å². The van der Waals surface area contributed by atoms with Crippen LogP contribution in [0.15, 0.2) is 48.5 Å². The van der Waals surface area contributed by atoms with Crippen molar-refractivity contribution in [1.82, 2.24) is 4.90 Å². The summed E-state index contributed by atoms with van der Waals surface area (Å²) in [6.45, 7) is 8.43. The number of nitrogens with zero attached hydrogens (tertiary/aromatic N) is 1. The van der Waals surface area contributed by atoms with Crippen molar-refractivity contribution in [2.75, 3.05) is 6.61 Å². The van der Waals surface area contributed by atoms with Crippen LogP contribution in [0, 0.1) is 0 Å². The Balaban J connectivity index is 1.12. The number of piperidine rings is 1. The molecule has 6 nitrogen and oxygen atoms in total. The van der Waals surface area contributed by atoms with Gasteiger partial charge in [-0.1, -0.05) is 48.5 Å². The smallest absolute Gasteiger partial charge is 0.448 e. The van der Waals surface area contributed by atoms with Gasteiger partial charge < -0.3 is 24.1 Å². The van der Waals surface area contributed by atoms with Crippen LogP contribution in [0.4, 0.5) is 4.79 Å². The molecule has 4 aliphatic rings. The lowest BCUT2D eigenvalue weighted by atomic mass is 9.69. The largest absolute Gasteiger partial charge is 0.460 e. The van der Waals surface area contributed by atoms with E-state index in [4.69, 9.17) is 14.0 Å². The number of aliphatic hydroxyl groups is 1. The van der Waals surface area contributed by atoms with Crippen molar-refractivity contribution in [2.24, 2.45) is 0 Å². The Morgan fingerprint density at radius 1 is 0.944 bits per heavy atom. The Morgan fingerprint density at radius 2 is 1.44 bits per heavy atom. The quantitative estimate of drug-likeness (QED) is 0.584. The number of carbonyl (C=O) groups is 1. The molecule has 1 amide bonds. The predicted molar refractivity (Wildman–Crippen MR) is 139 cm³/mol. The van der Waals surface area contributed by atoms with E-state index in [9.17, 15) is 9.90 Å². The van der Waals surface area contributed by atoms with Gasteiger partial charge in [0, 0.05) is 24.3 Å². The molecule has 1 aliphatic carbocycles. The summed E-state index contributed by atoms with van der Waals surface area (Å²) in [6, 6.07) is 16.7. The Bertz CT molecular complexity index is 1100. The number of hydrogen-bond donors (Lipinski definition) is 1. The molecule has 0 saturated carbocycles. The zero-order valence-electron chi connectivity index (χ0n) is 21.7. The van der Waals surface area contributed by atoms with Gasteiger partial charge in [-0.3, -0.25) is 0 Å². The van der Waals surface area contributed by atoms with Crippen molar-refractivity contribution in [1.29, 1.82) is 0 Å². The van der Waals surface area contributed by atoms with Gasteiger partial charge in [0.2, 0.25) is 0 Å². The van der Waals surface area contributed by atoms with Crippen LogP contribution in [0.3, 0.4) is 0 Å². The highest BCUT2D eigenvalue weighted by molar-refractivity contribution is 6.45. The Labute approximate surface area is 214 Å². The zero-order valence-corrected chi connectivity index (χ0v) is 21.7. The van der Waals surface area contributed by atoms with Crippen LogP contribution in [-0.2, 0) is 14.0 Å². The number of fused-ring (bicyclic) bond motifs is 5. The minimum atomic E-state index is -0.910. The maximum Gasteiger partial charge on any atom is 0.460 e. The fourth-order valence-electron chi connectivity index (χ4n) is 6.81. The van der Waals surface area contributed by atoms with E-state index in [1.807, 2.05) is 44.7 Å². The molecule has 2 bridgehead atoms. The van der Waals surface area contributed by atoms with Crippen molar-refractivity contribution in [3.63, 3.8) is 0 Å². The number of carbonyl (C=O) groups excluding carboxylic acids is 1. The summed E-state index contributed by atoms with van der Waals surface area (Å²) in [6.07, 6.45) is 2.99. The molecule has 6 rings (SSSR count). The SMILES string of the molecule is CC1(C)OB(CC2(O)CC3CCC(C2)N3C(=O)OCC2c3ccccc3-c3ccccc32)OC1(C)C. The summed E-state index contributed by atoms with van der Waals surface area (Å²) in [5, 5.41) is 11.5. The summed E-state index contributed by atoms with van der Waals surface area (Å²) in [7, 11) is -0.444. The zero-order chi connectivity index (χ0) is 25.3. The highest BCUT2D eigenvalue weighted by atomic mass is 16.7. The lowest BCUT2D eigenvalue weighted by molar-refractivity contribution is -0.0393. The second-order valence-corrected chi connectivity index (χ2v) is 12.1. The minimum Gasteiger partial charge on any atom is -0.448 e. The summed E-state index contributed by atoms with van der Waals surface area (Å²) in [5.41, 5.74) is 3.12. The molecule has 2 aromatic rings. The van der Waals surface area contributed by atoms with E-state index in [0.717, 1.165) is 12.8 Å². The van der Waals surface area contributed by atoms with Crippen LogP contribution in [0.1, 0.15) is 70.4 Å². The topological polar surface area (TPSA) is 68.2 Å². The van der Waals surface area contributed by atoms with E-state index in [1.54, 1.807) is 0 Å². The first-order valence-corrected chi connectivity index (χ1v) is 13.3. The van der Waals surface area contributed by atoms with Gasteiger partial charge in [0.1, 0.15) is 6.61 Å². The summed E-state index contributed by atoms with van der Waals surface area (Å²) in [5.74, 6) is 0.0455. The Kier molecular flexibility index (Phi) is 5.56. The van der Waals surface area contributed by atoms with Crippen molar-refractivity contribution in [3.8, 4) is 11.1 Å². The predicted octanol–water partition coefficient (Wildman–Crippen LogP) is 5.39. The molecule has 1 N–H and O–H groups in total. The third-order valence-electron chi connectivity index (χ3n) is 9.25. The van der Waals surface area contributed by atoms with Crippen LogP contribution < -0.4 is 0 Å². The van der Waals surface area contributed by atoms with Crippen LogP contribution in [0.25, 0.3) is 11.1 Å². The molecule has 190 valence electrons. The van der Waals surface area contributed by atoms with Crippen LogP contribution in [0.5, 0.6) is 0 Å². The van der Waals surface area contributed by atoms with Crippen molar-refractivity contribution in [3.05, 3.63) is 59.7 Å². The second kappa shape index (κ2) is 8.34. The number of hydrogen-bond acceptors (Lipinski definition) is 5. The number of ether oxygens (including phenoxy) is 1. The lowest BCUT2D eigenvalue weighted by Crippen LogP contribution is -2.54. The third-order valence-corrected chi connectivity index (χ3v) is 9.25. The molecule has 0 spiro atoms. The highest BCUT2D eigenvalue weighted by Crippen LogP contribution is 2.47. The molecular weight excluding hydrogens is 453 g/mol. The molecule has 7 heteroatoms. The van der Waals surface area contributed by atoms with E-state index < -0.39 is 23.9 Å². The van der Waals surface area contributed by atoms with E-state index in [0.29, 0.717) is 25.8 Å². The first-order chi connectivity index (χ1) is 17.1. The molecule has 3 heterocycles. The monoisotopic (exact) mass is 489 g/mol. The Morgan fingerprint density at radius 3 is 1.97 bits per heavy atom. The number of benzene rings is 2. The molecule has 36 heavy (non-hydrogen) atoms. The van der Waals surface area contributed by atoms with E-state index in [2.05, 4.69) is 36.4 Å². The lowest BCUT2D eigenvalue weighted by Gasteiger charge is -2.43. The van der Waals surface area contributed by atoms with Gasteiger partial charge in [-0.2, -0.15) is 0 Å². The maximum absolute atomic E-state index is 13.3. The summed E-state index contributed by atoms with van der Waals surface area (Å²) in [4.78, 5) is 15.2. The van der Waals surface area contributed by atoms with Gasteiger partial charge in [0.15, 0.2) is 0 Å². The summed E-state index contributed by atoms with van der Waals surface area (Å²) >= 11 is 0. The first kappa shape index (κ1) is 24.0. The highest BCUT2D eigenvalue weighted by Gasteiger charge is 2.56. The average Bonchev–Trinajstić information content (AvgIpc) is 3.36. The molecule has 0 radical (unpaired) electrons. The molecule has 3 fully saturated rings. The third kappa shape index (κ3) is 3.87. The summed E-state index contributed by atoms with van der Waals surface area (Å²) < 4.78 is 18.3. The van der Waals surface area contributed by atoms with Gasteiger partial charge >= 0.3 is 13.2 Å². The maximum atomic E-state index is 13.3. The molecular formula is C29H36BNO5. The molecule has 3 aliphatic heterocycles. The first-order valence-electron chi connectivity index (χ1n) is 13.3. The van der Waals surface area contributed by atoms with Crippen LogP contribution in [-0.4, -0.2) is 58.7 Å². The normalized spacial score (nSPS) is 29.8. The molecule has 3 saturated heterocycles. The molecule has 0 aromatic heterocycles. The minimum absolute atomic E-state index is 0.0215. The van der Waals surface area contributed by atoms with Crippen LogP contribution >= 0.6 is 0 Å². The van der Waals surface area contributed by atoms with E-state index in [-0.39, 0.29) is 24.1 Å². The van der Waals surface area contributed by atoms with Gasteiger partial charge in [-0.15, -0.1) is 0 Å². The van der Waals surface area contributed by atoms with Gasteiger partial charge in [-0.25, -0.2) is 4.79 Å². The van der Waals surface area contributed by atoms with E-state index in [1.165, 1.54) is 22.3 Å².